The zero-order chi connectivity index (χ0) is 11.1. The normalized spacial score (nSPS) is 10.3. The van der Waals surface area contributed by atoms with E-state index in [1.165, 1.54) is 6.26 Å². The number of hydrogen-bond acceptors (Lipinski definition) is 3. The maximum absolute atomic E-state index is 11.5. The second-order valence-corrected chi connectivity index (χ2v) is 3.76. The SMILES string of the molecule is O=C(NCCOCCCl)c1ccoc1Br. The minimum absolute atomic E-state index is 0.190. The molecule has 0 aromatic carbocycles. The molecule has 0 unspecified atom stereocenters. The zero-order valence-electron chi connectivity index (χ0n) is 7.96. The van der Waals surface area contributed by atoms with Crippen molar-refractivity contribution >= 4 is 33.4 Å². The third-order valence-corrected chi connectivity index (χ3v) is 2.38. The lowest BCUT2D eigenvalue weighted by Gasteiger charge is -2.04. The van der Waals surface area contributed by atoms with Crippen LogP contribution in [0, 0.1) is 0 Å². The van der Waals surface area contributed by atoms with Gasteiger partial charge < -0.3 is 14.5 Å². The molecule has 0 saturated carbocycles. The predicted molar refractivity (Wildman–Crippen MR) is 60.3 cm³/mol. The quantitative estimate of drug-likeness (QED) is 0.645. The van der Waals surface area contributed by atoms with Crippen LogP contribution in [0.1, 0.15) is 10.4 Å². The molecule has 1 aromatic rings. The molecule has 1 N–H and O–H groups in total. The van der Waals surface area contributed by atoms with Gasteiger partial charge in [-0.05, 0) is 22.0 Å². The minimum Gasteiger partial charge on any atom is -0.457 e. The fraction of sp³-hybridized carbons (Fsp3) is 0.444. The van der Waals surface area contributed by atoms with Gasteiger partial charge in [0.15, 0.2) is 4.67 Å². The topological polar surface area (TPSA) is 51.5 Å². The Labute approximate surface area is 101 Å². The van der Waals surface area contributed by atoms with Crippen molar-refractivity contribution in [2.75, 3.05) is 25.6 Å². The Hall–Kier alpha value is -0.520. The molecule has 0 radical (unpaired) electrons. The smallest absolute Gasteiger partial charge is 0.255 e. The van der Waals surface area contributed by atoms with Gasteiger partial charge in [-0.3, -0.25) is 4.79 Å². The molecule has 0 spiro atoms. The molecule has 1 aromatic heterocycles. The van der Waals surface area contributed by atoms with Crippen molar-refractivity contribution in [3.05, 3.63) is 22.6 Å². The van der Waals surface area contributed by atoms with Gasteiger partial charge in [-0.1, -0.05) is 0 Å². The molecule has 1 heterocycles. The highest BCUT2D eigenvalue weighted by Gasteiger charge is 2.11. The Balaban J connectivity index is 2.22. The molecule has 6 heteroatoms. The van der Waals surface area contributed by atoms with Crippen LogP contribution < -0.4 is 5.32 Å². The Morgan fingerprint density at radius 3 is 3.00 bits per heavy atom. The van der Waals surface area contributed by atoms with Crippen LogP contribution in [0.3, 0.4) is 0 Å². The molecular formula is C9H11BrClNO3. The Bertz CT molecular complexity index is 316. The number of carbonyl (C=O) groups excluding carboxylic acids is 1. The zero-order valence-corrected chi connectivity index (χ0v) is 10.3. The van der Waals surface area contributed by atoms with E-state index in [4.69, 9.17) is 20.8 Å². The largest absolute Gasteiger partial charge is 0.457 e. The minimum atomic E-state index is -0.190. The van der Waals surface area contributed by atoms with Crippen molar-refractivity contribution in [1.29, 1.82) is 0 Å². The molecule has 0 fully saturated rings. The summed E-state index contributed by atoms with van der Waals surface area (Å²) < 4.78 is 10.5. The molecule has 84 valence electrons. The summed E-state index contributed by atoms with van der Waals surface area (Å²) in [5, 5.41) is 2.69. The molecule has 1 amide bonds. The van der Waals surface area contributed by atoms with E-state index in [2.05, 4.69) is 21.2 Å². The second-order valence-electron chi connectivity index (χ2n) is 2.67. The van der Waals surface area contributed by atoms with Crippen LogP contribution in [-0.4, -0.2) is 31.5 Å². The number of furan rings is 1. The van der Waals surface area contributed by atoms with Gasteiger partial charge in [-0.2, -0.15) is 0 Å². The van der Waals surface area contributed by atoms with Gasteiger partial charge in [-0.15, -0.1) is 11.6 Å². The van der Waals surface area contributed by atoms with E-state index < -0.39 is 0 Å². The lowest BCUT2D eigenvalue weighted by Crippen LogP contribution is -2.27. The van der Waals surface area contributed by atoms with Crippen molar-refractivity contribution in [3.63, 3.8) is 0 Å². The van der Waals surface area contributed by atoms with Gasteiger partial charge in [0.2, 0.25) is 0 Å². The van der Waals surface area contributed by atoms with Crippen molar-refractivity contribution < 1.29 is 13.9 Å². The van der Waals surface area contributed by atoms with Gasteiger partial charge >= 0.3 is 0 Å². The van der Waals surface area contributed by atoms with Crippen LogP contribution in [0.25, 0.3) is 0 Å². The van der Waals surface area contributed by atoms with Crippen molar-refractivity contribution in [2.24, 2.45) is 0 Å². The van der Waals surface area contributed by atoms with E-state index in [9.17, 15) is 4.79 Å². The summed E-state index contributed by atoms with van der Waals surface area (Å²) in [6, 6.07) is 1.60. The lowest BCUT2D eigenvalue weighted by molar-refractivity contribution is 0.0922. The number of ether oxygens (including phenoxy) is 1. The molecule has 0 aliphatic rings. The van der Waals surface area contributed by atoms with E-state index in [0.29, 0.717) is 35.9 Å². The van der Waals surface area contributed by atoms with Crippen LogP contribution in [0.2, 0.25) is 0 Å². The maximum Gasteiger partial charge on any atom is 0.255 e. The molecular weight excluding hydrogens is 285 g/mol. The Morgan fingerprint density at radius 1 is 1.60 bits per heavy atom. The first-order chi connectivity index (χ1) is 7.25. The van der Waals surface area contributed by atoms with E-state index in [-0.39, 0.29) is 5.91 Å². The van der Waals surface area contributed by atoms with E-state index in [1.54, 1.807) is 6.07 Å². The molecule has 0 atom stereocenters. The van der Waals surface area contributed by atoms with Gasteiger partial charge in [0.25, 0.3) is 5.91 Å². The number of hydrogen-bond donors (Lipinski definition) is 1. The summed E-state index contributed by atoms with van der Waals surface area (Å²) in [7, 11) is 0. The van der Waals surface area contributed by atoms with Gasteiger partial charge in [0, 0.05) is 12.4 Å². The number of alkyl halides is 1. The van der Waals surface area contributed by atoms with Gasteiger partial charge in [-0.25, -0.2) is 0 Å². The molecule has 0 aliphatic carbocycles. The first-order valence-electron chi connectivity index (χ1n) is 4.40. The number of nitrogens with one attached hydrogen (secondary N) is 1. The highest BCUT2D eigenvalue weighted by atomic mass is 79.9. The van der Waals surface area contributed by atoms with Crippen molar-refractivity contribution in [3.8, 4) is 0 Å². The molecule has 1 rings (SSSR count). The van der Waals surface area contributed by atoms with E-state index in [0.717, 1.165) is 0 Å². The average Bonchev–Trinajstić information content (AvgIpc) is 2.64. The predicted octanol–water partition coefficient (Wildman–Crippen LogP) is 2.03. The van der Waals surface area contributed by atoms with Crippen LogP contribution in [-0.2, 0) is 4.74 Å². The Morgan fingerprint density at radius 2 is 2.40 bits per heavy atom. The number of halogens is 2. The Kier molecular flexibility index (Phi) is 5.75. The summed E-state index contributed by atoms with van der Waals surface area (Å²) in [6.45, 7) is 1.40. The maximum atomic E-state index is 11.5. The summed E-state index contributed by atoms with van der Waals surface area (Å²) >= 11 is 8.54. The fourth-order valence-electron chi connectivity index (χ4n) is 0.944. The molecule has 0 saturated heterocycles. The van der Waals surface area contributed by atoms with Crippen molar-refractivity contribution in [1.82, 2.24) is 5.32 Å². The van der Waals surface area contributed by atoms with E-state index >= 15 is 0 Å². The van der Waals surface area contributed by atoms with E-state index in [1.807, 2.05) is 0 Å². The molecule has 0 aliphatic heterocycles. The first-order valence-corrected chi connectivity index (χ1v) is 5.73. The average molecular weight is 297 g/mol. The standard InChI is InChI=1S/C9H11BrClNO3/c10-8-7(1-4-15-8)9(13)12-3-6-14-5-2-11/h1,4H,2-3,5-6H2,(H,12,13). The third-order valence-electron chi connectivity index (χ3n) is 1.62. The number of rotatable bonds is 6. The van der Waals surface area contributed by atoms with Gasteiger partial charge in [0.05, 0.1) is 25.0 Å². The van der Waals surface area contributed by atoms with Crippen LogP contribution in [0.15, 0.2) is 21.4 Å². The number of carbonyl (C=O) groups is 1. The fourth-order valence-corrected chi connectivity index (χ4v) is 1.47. The summed E-state index contributed by atoms with van der Waals surface area (Å²) in [4.78, 5) is 11.5. The number of amides is 1. The summed E-state index contributed by atoms with van der Waals surface area (Å²) in [5.74, 6) is 0.270. The van der Waals surface area contributed by atoms with Crippen LogP contribution in [0.5, 0.6) is 0 Å². The van der Waals surface area contributed by atoms with Gasteiger partial charge in [0.1, 0.15) is 0 Å². The van der Waals surface area contributed by atoms with Crippen LogP contribution in [0.4, 0.5) is 0 Å². The first kappa shape index (κ1) is 12.5. The molecule has 4 nitrogen and oxygen atoms in total. The highest BCUT2D eigenvalue weighted by molar-refractivity contribution is 9.10. The lowest BCUT2D eigenvalue weighted by atomic mass is 10.3. The monoisotopic (exact) mass is 295 g/mol. The van der Waals surface area contributed by atoms with Crippen molar-refractivity contribution in [2.45, 2.75) is 0 Å². The second kappa shape index (κ2) is 6.87. The molecule has 15 heavy (non-hydrogen) atoms. The highest BCUT2D eigenvalue weighted by Crippen LogP contribution is 2.16. The third kappa shape index (κ3) is 4.24. The summed E-state index contributed by atoms with van der Waals surface area (Å²) in [6.07, 6.45) is 1.45. The van der Waals surface area contributed by atoms with Crippen LogP contribution >= 0.6 is 27.5 Å². The summed E-state index contributed by atoms with van der Waals surface area (Å²) in [5.41, 5.74) is 0.479. The molecule has 0 bridgehead atoms.